The standard InChI is InChI=1S/C21H21ClN4O/c1-2-15-6-8-18(9-7-15)26-20-14-24-19(13-25-20)21(27)23-11-10-16-4-3-5-17(22)12-16/h3-9,12-14H,2,10-11H2,1H3,(H,23,27)(H,25,26). The summed E-state index contributed by atoms with van der Waals surface area (Å²) in [5.74, 6) is 0.345. The van der Waals surface area contributed by atoms with Gasteiger partial charge >= 0.3 is 0 Å². The summed E-state index contributed by atoms with van der Waals surface area (Å²) in [7, 11) is 0. The van der Waals surface area contributed by atoms with Crippen LogP contribution in [0.4, 0.5) is 11.5 Å². The van der Waals surface area contributed by atoms with E-state index in [0.29, 0.717) is 23.8 Å². The number of nitrogens with zero attached hydrogens (tertiary/aromatic N) is 2. The number of hydrogen-bond donors (Lipinski definition) is 2. The number of carbonyl (C=O) groups is 1. The van der Waals surface area contributed by atoms with Gasteiger partial charge in [0.15, 0.2) is 0 Å². The van der Waals surface area contributed by atoms with Crippen LogP contribution >= 0.6 is 11.6 Å². The van der Waals surface area contributed by atoms with Crippen molar-refractivity contribution in [3.8, 4) is 0 Å². The van der Waals surface area contributed by atoms with Gasteiger partial charge in [-0.1, -0.05) is 42.8 Å². The second-order valence-electron chi connectivity index (χ2n) is 6.10. The Morgan fingerprint density at radius 3 is 2.52 bits per heavy atom. The molecule has 3 aromatic rings. The van der Waals surface area contributed by atoms with Crippen LogP contribution in [-0.2, 0) is 12.8 Å². The number of nitrogens with one attached hydrogen (secondary N) is 2. The summed E-state index contributed by atoms with van der Waals surface area (Å²) in [5.41, 5.74) is 3.56. The van der Waals surface area contributed by atoms with Gasteiger partial charge in [-0.05, 0) is 48.2 Å². The fourth-order valence-corrected chi connectivity index (χ4v) is 2.80. The van der Waals surface area contributed by atoms with Gasteiger partial charge in [-0.15, -0.1) is 0 Å². The molecule has 0 unspecified atom stereocenters. The third-order valence-electron chi connectivity index (χ3n) is 4.11. The van der Waals surface area contributed by atoms with Crippen molar-refractivity contribution < 1.29 is 4.79 Å². The van der Waals surface area contributed by atoms with E-state index in [4.69, 9.17) is 11.6 Å². The topological polar surface area (TPSA) is 66.9 Å². The van der Waals surface area contributed by atoms with Crippen molar-refractivity contribution in [1.82, 2.24) is 15.3 Å². The molecule has 1 aromatic heterocycles. The molecule has 0 radical (unpaired) electrons. The molecule has 27 heavy (non-hydrogen) atoms. The maximum Gasteiger partial charge on any atom is 0.271 e. The molecule has 6 heteroatoms. The van der Waals surface area contributed by atoms with Crippen molar-refractivity contribution >= 4 is 29.0 Å². The van der Waals surface area contributed by atoms with Crippen LogP contribution < -0.4 is 10.6 Å². The second-order valence-corrected chi connectivity index (χ2v) is 6.53. The van der Waals surface area contributed by atoms with Crippen LogP contribution in [0.2, 0.25) is 5.02 Å². The number of aryl methyl sites for hydroxylation is 1. The molecule has 138 valence electrons. The van der Waals surface area contributed by atoms with Crippen molar-refractivity contribution in [2.45, 2.75) is 19.8 Å². The highest BCUT2D eigenvalue weighted by Gasteiger charge is 2.08. The molecule has 0 spiro atoms. The normalized spacial score (nSPS) is 10.4. The molecule has 0 fully saturated rings. The van der Waals surface area contributed by atoms with E-state index in [1.165, 1.54) is 11.8 Å². The lowest BCUT2D eigenvalue weighted by Crippen LogP contribution is -2.26. The molecular formula is C21H21ClN4O. The first-order chi connectivity index (χ1) is 13.1. The zero-order valence-electron chi connectivity index (χ0n) is 15.1. The van der Waals surface area contributed by atoms with E-state index >= 15 is 0 Å². The summed E-state index contributed by atoms with van der Waals surface area (Å²) in [5, 5.41) is 6.71. The molecule has 0 saturated carbocycles. The van der Waals surface area contributed by atoms with Gasteiger partial charge in [0.05, 0.1) is 12.4 Å². The lowest BCUT2D eigenvalue weighted by Gasteiger charge is -2.08. The molecule has 5 nitrogen and oxygen atoms in total. The number of amides is 1. The van der Waals surface area contributed by atoms with Crippen molar-refractivity contribution in [3.63, 3.8) is 0 Å². The van der Waals surface area contributed by atoms with Crippen LogP contribution in [0.5, 0.6) is 0 Å². The number of benzene rings is 2. The largest absolute Gasteiger partial charge is 0.350 e. The summed E-state index contributed by atoms with van der Waals surface area (Å²) in [6.45, 7) is 2.62. The van der Waals surface area contributed by atoms with Crippen molar-refractivity contribution in [1.29, 1.82) is 0 Å². The predicted octanol–water partition coefficient (Wildman–Crippen LogP) is 4.41. The van der Waals surface area contributed by atoms with Gasteiger partial charge in [0.25, 0.3) is 5.91 Å². The number of carbonyl (C=O) groups excluding carboxylic acids is 1. The Labute approximate surface area is 163 Å². The molecule has 0 saturated heterocycles. The zero-order chi connectivity index (χ0) is 19.1. The highest BCUT2D eigenvalue weighted by Crippen LogP contribution is 2.15. The van der Waals surface area contributed by atoms with E-state index in [9.17, 15) is 4.79 Å². The molecule has 0 aliphatic rings. The zero-order valence-corrected chi connectivity index (χ0v) is 15.8. The number of rotatable bonds is 7. The summed E-state index contributed by atoms with van der Waals surface area (Å²) < 4.78 is 0. The summed E-state index contributed by atoms with van der Waals surface area (Å²) in [6.07, 6.45) is 4.73. The quantitative estimate of drug-likeness (QED) is 0.637. The molecule has 0 atom stereocenters. The van der Waals surface area contributed by atoms with E-state index < -0.39 is 0 Å². The Morgan fingerprint density at radius 1 is 1.04 bits per heavy atom. The van der Waals surface area contributed by atoms with Crippen LogP contribution in [0, 0.1) is 0 Å². The van der Waals surface area contributed by atoms with Crippen LogP contribution in [0.25, 0.3) is 0 Å². The van der Waals surface area contributed by atoms with Gasteiger partial charge in [-0.3, -0.25) is 4.79 Å². The molecular weight excluding hydrogens is 360 g/mol. The number of anilines is 2. The van der Waals surface area contributed by atoms with Crippen molar-refractivity contribution in [2.24, 2.45) is 0 Å². The monoisotopic (exact) mass is 380 g/mol. The molecule has 2 aromatic carbocycles. The van der Waals surface area contributed by atoms with Crippen LogP contribution in [0.1, 0.15) is 28.5 Å². The summed E-state index contributed by atoms with van der Waals surface area (Å²) in [4.78, 5) is 20.6. The van der Waals surface area contributed by atoms with Gasteiger partial charge in [0.2, 0.25) is 0 Å². The van der Waals surface area contributed by atoms with Crippen LogP contribution in [-0.4, -0.2) is 22.4 Å². The molecule has 0 bridgehead atoms. The second kappa shape index (κ2) is 9.14. The first-order valence-corrected chi connectivity index (χ1v) is 9.22. The highest BCUT2D eigenvalue weighted by molar-refractivity contribution is 6.30. The number of halogens is 1. The minimum atomic E-state index is -0.247. The summed E-state index contributed by atoms with van der Waals surface area (Å²) in [6, 6.07) is 15.7. The Hall–Kier alpha value is -2.92. The fourth-order valence-electron chi connectivity index (χ4n) is 2.58. The third kappa shape index (κ3) is 5.53. The molecule has 0 aliphatic heterocycles. The minimum Gasteiger partial charge on any atom is -0.350 e. The molecule has 1 heterocycles. The number of aromatic nitrogens is 2. The minimum absolute atomic E-state index is 0.247. The Bertz CT molecular complexity index is 895. The molecule has 0 aliphatic carbocycles. The maximum absolute atomic E-state index is 12.2. The Morgan fingerprint density at radius 2 is 1.85 bits per heavy atom. The van der Waals surface area contributed by atoms with E-state index in [1.807, 2.05) is 36.4 Å². The van der Waals surface area contributed by atoms with Crippen molar-refractivity contribution in [3.05, 3.63) is 82.8 Å². The van der Waals surface area contributed by atoms with Crippen molar-refractivity contribution in [2.75, 3.05) is 11.9 Å². The predicted molar refractivity (Wildman–Crippen MR) is 109 cm³/mol. The van der Waals surface area contributed by atoms with Gasteiger partial charge in [-0.2, -0.15) is 0 Å². The van der Waals surface area contributed by atoms with Gasteiger partial charge in [0, 0.05) is 17.3 Å². The Kier molecular flexibility index (Phi) is 6.39. The first kappa shape index (κ1) is 18.9. The highest BCUT2D eigenvalue weighted by atomic mass is 35.5. The lowest BCUT2D eigenvalue weighted by atomic mass is 10.1. The van der Waals surface area contributed by atoms with Crippen LogP contribution in [0.3, 0.4) is 0 Å². The third-order valence-corrected chi connectivity index (χ3v) is 4.34. The average Bonchev–Trinajstić information content (AvgIpc) is 2.69. The molecule has 3 rings (SSSR count). The fraction of sp³-hybridized carbons (Fsp3) is 0.190. The maximum atomic E-state index is 12.2. The average molecular weight is 381 g/mol. The van der Waals surface area contributed by atoms with Gasteiger partial charge < -0.3 is 10.6 Å². The SMILES string of the molecule is CCc1ccc(Nc2cnc(C(=O)NCCc3cccc(Cl)c3)cn2)cc1. The number of hydrogen-bond acceptors (Lipinski definition) is 4. The first-order valence-electron chi connectivity index (χ1n) is 8.84. The Balaban J connectivity index is 1.52. The van der Waals surface area contributed by atoms with Gasteiger partial charge in [0.1, 0.15) is 11.5 Å². The van der Waals surface area contributed by atoms with E-state index in [2.05, 4.69) is 39.7 Å². The lowest BCUT2D eigenvalue weighted by molar-refractivity contribution is 0.0949. The smallest absolute Gasteiger partial charge is 0.271 e. The van der Waals surface area contributed by atoms with Crippen LogP contribution in [0.15, 0.2) is 60.9 Å². The van der Waals surface area contributed by atoms with Gasteiger partial charge in [-0.25, -0.2) is 9.97 Å². The molecule has 2 N–H and O–H groups in total. The van der Waals surface area contributed by atoms with E-state index in [1.54, 1.807) is 6.20 Å². The summed E-state index contributed by atoms with van der Waals surface area (Å²) >= 11 is 5.96. The molecule has 1 amide bonds. The van der Waals surface area contributed by atoms with E-state index in [0.717, 1.165) is 17.7 Å². The van der Waals surface area contributed by atoms with E-state index in [-0.39, 0.29) is 11.6 Å².